The van der Waals surface area contributed by atoms with Gasteiger partial charge in [-0.05, 0) is 36.2 Å². The molecule has 0 aliphatic carbocycles. The summed E-state index contributed by atoms with van der Waals surface area (Å²) in [5, 5.41) is 0. The molecule has 0 radical (unpaired) electrons. The Bertz CT molecular complexity index is 938. The van der Waals surface area contributed by atoms with Crippen molar-refractivity contribution in [3.05, 3.63) is 102 Å². The van der Waals surface area contributed by atoms with E-state index in [0.29, 0.717) is 31.1 Å². The molecule has 0 bridgehead atoms. The molecule has 0 saturated heterocycles. The summed E-state index contributed by atoms with van der Waals surface area (Å²) < 4.78 is 10.8. The summed E-state index contributed by atoms with van der Waals surface area (Å²) in [5.74, 6) is -0.737. The number of hydrogen-bond acceptors (Lipinski definition) is 4. The van der Waals surface area contributed by atoms with E-state index in [9.17, 15) is 9.59 Å². The smallest absolute Gasteiger partial charge is 0.269 e. The number of amides is 2. The van der Waals surface area contributed by atoms with Crippen LogP contribution in [0.5, 0.6) is 5.75 Å². The minimum Gasteiger partial charge on any atom is -0.491 e. The molecule has 0 unspecified atom stereocenters. The lowest BCUT2D eigenvalue weighted by atomic mass is 9.91. The first-order valence-corrected chi connectivity index (χ1v) is 10.2. The fourth-order valence-corrected chi connectivity index (χ4v) is 3.14. The van der Waals surface area contributed by atoms with E-state index in [1.54, 1.807) is 24.3 Å². The van der Waals surface area contributed by atoms with Gasteiger partial charge in [0.2, 0.25) is 5.91 Å². The first kappa shape index (κ1) is 22.1. The zero-order valence-electron chi connectivity index (χ0n) is 17.4. The quantitative estimate of drug-likeness (QED) is 0.410. The summed E-state index contributed by atoms with van der Waals surface area (Å²) in [7, 11) is 0. The van der Waals surface area contributed by atoms with Crippen LogP contribution in [0, 0.1) is 0 Å². The molecule has 2 N–H and O–H groups in total. The summed E-state index contributed by atoms with van der Waals surface area (Å²) in [6.45, 7) is 3.41. The summed E-state index contributed by atoms with van der Waals surface area (Å²) in [6, 6.07) is 25.7. The van der Waals surface area contributed by atoms with Crippen LogP contribution >= 0.6 is 0 Å². The summed E-state index contributed by atoms with van der Waals surface area (Å²) in [5.41, 5.74) is 7.12. The summed E-state index contributed by atoms with van der Waals surface area (Å²) in [4.78, 5) is 25.6. The van der Waals surface area contributed by atoms with Crippen LogP contribution in [0.1, 0.15) is 34.3 Å². The highest BCUT2D eigenvalue weighted by molar-refractivity contribution is 5.96. The minimum atomic E-state index is -0.545. The molecule has 31 heavy (non-hydrogen) atoms. The van der Waals surface area contributed by atoms with E-state index in [4.69, 9.17) is 9.47 Å². The van der Waals surface area contributed by atoms with Crippen LogP contribution in [-0.4, -0.2) is 31.6 Å². The van der Waals surface area contributed by atoms with Crippen molar-refractivity contribution in [1.82, 2.24) is 10.9 Å². The normalized spacial score (nSPS) is 10.5. The second-order valence-electron chi connectivity index (χ2n) is 6.77. The first-order chi connectivity index (χ1) is 15.2. The van der Waals surface area contributed by atoms with Crippen LogP contribution in [0.4, 0.5) is 0 Å². The van der Waals surface area contributed by atoms with E-state index in [1.807, 2.05) is 67.6 Å². The summed E-state index contributed by atoms with van der Waals surface area (Å²) in [6.07, 6.45) is 0. The molecule has 3 aromatic carbocycles. The lowest BCUT2D eigenvalue weighted by molar-refractivity contribution is -0.122. The number of benzene rings is 3. The lowest BCUT2D eigenvalue weighted by Gasteiger charge is -2.18. The number of hydrazine groups is 1. The van der Waals surface area contributed by atoms with Crippen molar-refractivity contribution < 1.29 is 19.1 Å². The van der Waals surface area contributed by atoms with Gasteiger partial charge in [0.1, 0.15) is 12.4 Å². The molecule has 3 aromatic rings. The Morgan fingerprint density at radius 1 is 0.806 bits per heavy atom. The van der Waals surface area contributed by atoms with Crippen molar-refractivity contribution in [1.29, 1.82) is 0 Å². The average molecular weight is 418 g/mol. The highest BCUT2D eigenvalue weighted by Gasteiger charge is 2.23. The largest absolute Gasteiger partial charge is 0.491 e. The van der Waals surface area contributed by atoms with Gasteiger partial charge in [0.25, 0.3) is 5.91 Å². The third kappa shape index (κ3) is 6.42. The van der Waals surface area contributed by atoms with Gasteiger partial charge in [0.05, 0.1) is 12.5 Å². The van der Waals surface area contributed by atoms with Gasteiger partial charge in [-0.2, -0.15) is 0 Å². The van der Waals surface area contributed by atoms with Crippen LogP contribution in [-0.2, 0) is 9.53 Å². The Kier molecular flexibility index (Phi) is 8.20. The molecule has 0 atom stereocenters. The van der Waals surface area contributed by atoms with E-state index in [2.05, 4.69) is 10.9 Å². The molecule has 2 amide bonds. The predicted octanol–water partition coefficient (Wildman–Crippen LogP) is 3.70. The number of ether oxygens (including phenoxy) is 2. The Labute approximate surface area is 182 Å². The van der Waals surface area contributed by atoms with Gasteiger partial charge in [-0.3, -0.25) is 20.4 Å². The SMILES string of the molecule is CCOCCOc1cccc(C(=O)NNC(=O)C(c2ccccc2)c2ccccc2)c1. The van der Waals surface area contributed by atoms with Crippen molar-refractivity contribution in [2.75, 3.05) is 19.8 Å². The fourth-order valence-electron chi connectivity index (χ4n) is 3.14. The molecule has 0 aromatic heterocycles. The van der Waals surface area contributed by atoms with Gasteiger partial charge in [-0.25, -0.2) is 0 Å². The maximum absolute atomic E-state index is 13.0. The molecule has 6 heteroatoms. The molecule has 3 rings (SSSR count). The van der Waals surface area contributed by atoms with E-state index >= 15 is 0 Å². The van der Waals surface area contributed by atoms with Crippen LogP contribution in [0.3, 0.4) is 0 Å². The molecule has 0 fully saturated rings. The highest BCUT2D eigenvalue weighted by atomic mass is 16.5. The maximum atomic E-state index is 13.0. The van der Waals surface area contributed by atoms with Crippen LogP contribution in [0.25, 0.3) is 0 Å². The topological polar surface area (TPSA) is 76.7 Å². The van der Waals surface area contributed by atoms with Crippen LogP contribution in [0.2, 0.25) is 0 Å². The van der Waals surface area contributed by atoms with Crippen molar-refractivity contribution in [2.24, 2.45) is 0 Å². The fraction of sp³-hybridized carbons (Fsp3) is 0.200. The van der Waals surface area contributed by atoms with Gasteiger partial charge in [0.15, 0.2) is 0 Å². The van der Waals surface area contributed by atoms with E-state index < -0.39 is 11.8 Å². The molecule has 0 heterocycles. The van der Waals surface area contributed by atoms with Gasteiger partial charge >= 0.3 is 0 Å². The Morgan fingerprint density at radius 2 is 1.45 bits per heavy atom. The van der Waals surface area contributed by atoms with Gasteiger partial charge < -0.3 is 9.47 Å². The van der Waals surface area contributed by atoms with Crippen molar-refractivity contribution in [2.45, 2.75) is 12.8 Å². The number of rotatable bonds is 9. The molecule has 0 aliphatic rings. The zero-order chi connectivity index (χ0) is 21.9. The van der Waals surface area contributed by atoms with Crippen molar-refractivity contribution in [3.8, 4) is 5.75 Å². The third-order valence-corrected chi connectivity index (χ3v) is 4.62. The minimum absolute atomic E-state index is 0.324. The predicted molar refractivity (Wildman–Crippen MR) is 119 cm³/mol. The maximum Gasteiger partial charge on any atom is 0.269 e. The van der Waals surface area contributed by atoms with Crippen LogP contribution in [0.15, 0.2) is 84.9 Å². The number of nitrogens with one attached hydrogen (secondary N) is 2. The second-order valence-corrected chi connectivity index (χ2v) is 6.77. The molecule has 160 valence electrons. The second kappa shape index (κ2) is 11.5. The number of hydrogen-bond donors (Lipinski definition) is 2. The molecule has 0 saturated carbocycles. The van der Waals surface area contributed by atoms with E-state index in [0.717, 1.165) is 11.1 Å². The Balaban J connectivity index is 1.65. The lowest BCUT2D eigenvalue weighted by Crippen LogP contribution is -2.44. The van der Waals surface area contributed by atoms with E-state index in [1.165, 1.54) is 0 Å². The Morgan fingerprint density at radius 3 is 2.06 bits per heavy atom. The van der Waals surface area contributed by atoms with Gasteiger partial charge in [-0.15, -0.1) is 0 Å². The molecule has 0 spiro atoms. The Hall–Kier alpha value is -3.64. The van der Waals surface area contributed by atoms with Gasteiger partial charge in [-0.1, -0.05) is 66.7 Å². The monoisotopic (exact) mass is 418 g/mol. The van der Waals surface area contributed by atoms with Crippen molar-refractivity contribution in [3.63, 3.8) is 0 Å². The van der Waals surface area contributed by atoms with Crippen LogP contribution < -0.4 is 15.6 Å². The average Bonchev–Trinajstić information content (AvgIpc) is 2.82. The number of carbonyl (C=O) groups is 2. The van der Waals surface area contributed by atoms with Gasteiger partial charge in [0, 0.05) is 12.2 Å². The van der Waals surface area contributed by atoms with E-state index in [-0.39, 0.29) is 5.91 Å². The standard InChI is InChI=1S/C25H26N2O4/c1-2-30-16-17-31-22-15-9-14-21(18-22)24(28)26-27-25(29)23(19-10-5-3-6-11-19)20-12-7-4-8-13-20/h3-15,18,23H,2,16-17H2,1H3,(H,26,28)(H,27,29). The molecular formula is C25H26N2O4. The number of carbonyl (C=O) groups excluding carboxylic acids is 2. The van der Waals surface area contributed by atoms with Crippen molar-refractivity contribution >= 4 is 11.8 Å². The molecule has 0 aliphatic heterocycles. The molecular weight excluding hydrogens is 392 g/mol. The highest BCUT2D eigenvalue weighted by Crippen LogP contribution is 2.24. The summed E-state index contributed by atoms with van der Waals surface area (Å²) >= 11 is 0. The molecule has 6 nitrogen and oxygen atoms in total. The zero-order valence-corrected chi connectivity index (χ0v) is 17.4. The third-order valence-electron chi connectivity index (χ3n) is 4.62. The first-order valence-electron chi connectivity index (χ1n) is 10.2.